The minimum Gasteiger partial charge on any atom is -0.395 e. The molecule has 0 saturated carbocycles. The van der Waals surface area contributed by atoms with Crippen molar-refractivity contribution in [3.63, 3.8) is 0 Å². The monoisotopic (exact) mass is 811 g/mol. The average molecular weight is 812 g/mol. The van der Waals surface area contributed by atoms with Gasteiger partial charge in [0.1, 0.15) is 12.6 Å². The number of quaternary nitrogens is 1. The van der Waals surface area contributed by atoms with E-state index in [-0.39, 0.29) is 0 Å². The number of nitrogens with zero attached hydrogens (tertiary/aromatic N) is 2. The molecule has 0 aliphatic heterocycles. The molecule has 0 bridgehead atoms. The fraction of sp³-hybridized carbons (Fsp3) is 1.00. The van der Waals surface area contributed by atoms with Gasteiger partial charge in [0.15, 0.2) is 0 Å². The van der Waals surface area contributed by atoms with Crippen LogP contribution in [0.25, 0.3) is 0 Å². The highest BCUT2D eigenvalue weighted by Crippen LogP contribution is 2.64. The highest BCUT2D eigenvalue weighted by molar-refractivity contribution is 7.90. The molecule has 0 radical (unpaired) electrons. The third kappa shape index (κ3) is 8.75. The molecule has 2 atom stereocenters. The zero-order chi connectivity index (χ0) is 39.9. The maximum absolute atomic E-state index is 14.9. The number of sulfonamides is 1. The molecule has 0 aliphatic carbocycles. The molecule has 0 aromatic rings. The Hall–Kier alpha value is -1.53. The highest BCUT2D eigenvalue weighted by Gasteiger charge is 2.96. The van der Waals surface area contributed by atoms with Gasteiger partial charge in [0.05, 0.1) is 45.6 Å². The van der Waals surface area contributed by atoms with Crippen LogP contribution in [0.1, 0.15) is 12.8 Å². The second kappa shape index (κ2) is 14.5. The molecule has 0 aliphatic rings. The summed E-state index contributed by atoms with van der Waals surface area (Å²) in [5, 5.41) is 20.2. The minimum absolute atomic E-state index is 0.480. The summed E-state index contributed by atoms with van der Waals surface area (Å²) in [4.78, 5) is 0. The predicted octanol–water partition coefficient (Wildman–Crippen LogP) is 3.04. The Morgan fingerprint density at radius 3 is 1.39 bits per heavy atom. The van der Waals surface area contributed by atoms with Gasteiger partial charge in [-0.05, 0) is 6.42 Å². The Morgan fingerprint density at radius 1 is 0.653 bits per heavy atom. The Bertz CT molecular complexity index is 1340. The first-order valence-corrected chi connectivity index (χ1v) is 15.7. The Morgan fingerprint density at radius 2 is 1.04 bits per heavy atom. The Kier molecular flexibility index (Phi) is 14.0. The zero-order valence-corrected chi connectivity index (χ0v) is 26.0. The van der Waals surface area contributed by atoms with Crippen LogP contribution in [0.5, 0.6) is 0 Å². The van der Waals surface area contributed by atoms with Crippen LogP contribution < -0.4 is 0 Å². The van der Waals surface area contributed by atoms with E-state index < -0.39 is 139 Å². The molecule has 10 nitrogen and oxygen atoms in total. The second-order valence-electron chi connectivity index (χ2n) is 11.0. The van der Waals surface area contributed by atoms with Crippen LogP contribution in [-0.2, 0) is 20.1 Å². The Balaban J connectivity index is 7.29. The Labute approximate surface area is 265 Å². The van der Waals surface area contributed by atoms with E-state index in [1.54, 1.807) is 0 Å². The number of halogens is 17. The number of hydrogen-bond acceptors (Lipinski definition) is 7. The fourth-order valence-electron chi connectivity index (χ4n) is 3.90. The lowest BCUT2D eigenvalue weighted by Gasteiger charge is -2.43. The van der Waals surface area contributed by atoms with Crippen molar-refractivity contribution in [2.24, 2.45) is 0 Å². The summed E-state index contributed by atoms with van der Waals surface area (Å²) in [5.41, 5.74) is 0. The molecule has 29 heteroatoms. The van der Waals surface area contributed by atoms with E-state index >= 15 is 0 Å². The molecule has 49 heavy (non-hydrogen) atoms. The molecule has 0 fully saturated rings. The van der Waals surface area contributed by atoms with Gasteiger partial charge in [-0.25, -0.2) is 8.42 Å². The number of aliphatic hydroxyl groups excluding tert-OH is 3. The van der Waals surface area contributed by atoms with Gasteiger partial charge >= 0.3 is 47.0 Å². The van der Waals surface area contributed by atoms with Crippen molar-refractivity contribution in [2.45, 2.75) is 72.0 Å². The number of rotatable bonds is 20. The van der Waals surface area contributed by atoms with Crippen molar-refractivity contribution in [3.05, 3.63) is 0 Å². The fourth-order valence-corrected chi connectivity index (χ4v) is 6.08. The van der Waals surface area contributed by atoms with E-state index in [2.05, 4.69) is 0 Å². The van der Waals surface area contributed by atoms with Crippen LogP contribution in [0.15, 0.2) is 0 Å². The molecule has 0 amide bonds. The normalized spacial score (nSPS) is 17.1. The van der Waals surface area contributed by atoms with Crippen LogP contribution >= 0.6 is 0 Å². The van der Waals surface area contributed by atoms with Gasteiger partial charge in [-0.2, -0.15) is 87.4 Å². The van der Waals surface area contributed by atoms with Crippen LogP contribution in [0.2, 0.25) is 0 Å². The van der Waals surface area contributed by atoms with Crippen LogP contribution in [-0.4, -0.2) is 157 Å². The van der Waals surface area contributed by atoms with E-state index in [4.69, 9.17) is 9.66 Å². The molecule has 0 spiro atoms. The lowest BCUT2D eigenvalue weighted by atomic mass is 9.91. The smallest absolute Gasteiger partial charge is 0.395 e. The quantitative estimate of drug-likeness (QED) is 0.0833. The molecule has 4 N–H and O–H groups in total. The van der Waals surface area contributed by atoms with Crippen molar-refractivity contribution >= 4 is 20.1 Å². The van der Waals surface area contributed by atoms with Gasteiger partial charge in [-0.1, -0.05) is 0 Å². The largest absolute Gasteiger partial charge is 0.460 e. The molecule has 0 aromatic heterocycles. The predicted molar refractivity (Wildman–Crippen MR) is 128 cm³/mol. The summed E-state index contributed by atoms with van der Waals surface area (Å²) in [6.45, 7) is -5.83. The zero-order valence-electron chi connectivity index (χ0n) is 24.4. The molecule has 296 valence electrons. The summed E-state index contributed by atoms with van der Waals surface area (Å²) < 4.78 is 288. The van der Waals surface area contributed by atoms with E-state index in [9.17, 15) is 102 Å². The molecule has 0 saturated heterocycles. The number of aliphatic hydroxyl groups is 3. The summed E-state index contributed by atoms with van der Waals surface area (Å²) in [6, 6.07) is -2.62. The SMILES string of the molecule is C[N+](C)(CCC(CO)N(CCCS(=O)(=O)O)S(=O)(=O)C(F)(F)C(F)(F)C(F)(F)C(F)(F)C(F)(F)C(F)(F)C(F)(F)C(F)(F)F)CC(O)CO. The summed E-state index contributed by atoms with van der Waals surface area (Å²) in [6.07, 6.45) is -12.1. The highest BCUT2D eigenvalue weighted by atomic mass is 32.2. The standard InChI is InChI=1S/C20H27F17N2O8S2/c1-39(2,8-12(42)10-41)6-4-11(9-40)38(5-3-7-48(43,44)45)49(46,47)20(36,37)18(31,32)16(27,28)14(23,24)13(21,22)15(25,26)17(29,30)19(33,34)35/h11-12,40-42H,3-10H2,1-2H3/p+1. The molecule has 0 rings (SSSR count). The van der Waals surface area contributed by atoms with Gasteiger partial charge in [-0.15, -0.1) is 0 Å². The summed E-state index contributed by atoms with van der Waals surface area (Å²) in [7, 11) is -10.8. The molecule has 2 unspecified atom stereocenters. The van der Waals surface area contributed by atoms with Crippen molar-refractivity contribution in [1.29, 1.82) is 0 Å². The van der Waals surface area contributed by atoms with E-state index in [0.717, 1.165) is 14.1 Å². The van der Waals surface area contributed by atoms with Crippen molar-refractivity contribution in [2.75, 3.05) is 52.7 Å². The van der Waals surface area contributed by atoms with Gasteiger partial charge in [0, 0.05) is 13.0 Å². The topological polar surface area (TPSA) is 152 Å². The molecular weight excluding hydrogens is 783 g/mol. The minimum atomic E-state index is -9.07. The third-order valence-electron chi connectivity index (χ3n) is 6.71. The first-order chi connectivity index (χ1) is 21.2. The lowest BCUT2D eigenvalue weighted by Crippen LogP contribution is -2.75. The second-order valence-corrected chi connectivity index (χ2v) is 14.5. The maximum atomic E-state index is 14.9. The van der Waals surface area contributed by atoms with Crippen LogP contribution in [0.4, 0.5) is 74.6 Å². The number of hydrogen-bond donors (Lipinski definition) is 4. The van der Waals surface area contributed by atoms with Gasteiger partial charge in [0.2, 0.25) is 0 Å². The average Bonchev–Trinajstić information content (AvgIpc) is 2.89. The van der Waals surface area contributed by atoms with Gasteiger partial charge in [0.25, 0.3) is 20.1 Å². The van der Waals surface area contributed by atoms with E-state index in [0.29, 0.717) is 0 Å². The van der Waals surface area contributed by atoms with Crippen LogP contribution in [0.3, 0.4) is 0 Å². The van der Waals surface area contributed by atoms with Crippen LogP contribution in [0, 0.1) is 0 Å². The third-order valence-corrected chi connectivity index (χ3v) is 9.52. The van der Waals surface area contributed by atoms with Crippen molar-refractivity contribution in [3.8, 4) is 0 Å². The lowest BCUT2D eigenvalue weighted by molar-refractivity contribution is -0.893. The van der Waals surface area contributed by atoms with E-state index in [1.807, 2.05) is 0 Å². The maximum Gasteiger partial charge on any atom is 0.460 e. The summed E-state index contributed by atoms with van der Waals surface area (Å²) >= 11 is 0. The van der Waals surface area contributed by atoms with Crippen molar-refractivity contribution in [1.82, 2.24) is 4.31 Å². The summed E-state index contributed by atoms with van der Waals surface area (Å²) in [5.74, 6) is -54.6. The molecular formula is C20H28F17N2O8S2+. The van der Waals surface area contributed by atoms with E-state index in [1.165, 1.54) is 0 Å². The van der Waals surface area contributed by atoms with Gasteiger partial charge < -0.3 is 19.8 Å². The molecule has 0 aromatic carbocycles. The first-order valence-electron chi connectivity index (χ1n) is 12.6. The van der Waals surface area contributed by atoms with Gasteiger partial charge in [-0.3, -0.25) is 4.55 Å². The first kappa shape index (κ1) is 47.5. The number of alkyl halides is 17. The van der Waals surface area contributed by atoms with Crippen molar-refractivity contribution < 1.29 is 116 Å². The number of likely N-dealkylation sites (N-methyl/N-ethyl adjacent to an activating group) is 1. The molecule has 0 heterocycles.